The molecule has 1 aromatic rings. The highest BCUT2D eigenvalue weighted by Crippen LogP contribution is 2.22. The first-order valence-corrected chi connectivity index (χ1v) is 8.50. The first-order chi connectivity index (χ1) is 12.8. The zero-order valence-electron chi connectivity index (χ0n) is 15.2. The highest BCUT2D eigenvalue weighted by Gasteiger charge is 2.33. The number of anilines is 1. The van der Waals surface area contributed by atoms with E-state index in [1.807, 2.05) is 0 Å². The van der Waals surface area contributed by atoms with Crippen LogP contribution in [0.3, 0.4) is 0 Å². The summed E-state index contributed by atoms with van der Waals surface area (Å²) in [6, 6.07) is 5.53. The lowest BCUT2D eigenvalue weighted by Gasteiger charge is -2.18. The minimum atomic E-state index is -0.659. The second-order valence-electron chi connectivity index (χ2n) is 5.97. The summed E-state index contributed by atoms with van der Waals surface area (Å²) in [6.45, 7) is 3.94. The number of amidine groups is 1. The number of nitrogens with zero attached hydrogens (tertiary/aromatic N) is 1. The summed E-state index contributed by atoms with van der Waals surface area (Å²) in [5, 5.41) is 12.5. The van der Waals surface area contributed by atoms with E-state index in [0.717, 1.165) is 0 Å². The maximum Gasteiger partial charge on any atom is 0.332 e. The monoisotopic (exact) mass is 373 g/mol. The zero-order valence-corrected chi connectivity index (χ0v) is 15.2. The molecule has 1 aliphatic heterocycles. The van der Waals surface area contributed by atoms with Crippen molar-refractivity contribution in [3.8, 4) is 0 Å². The summed E-state index contributed by atoms with van der Waals surface area (Å²) in [5.74, 6) is -0.822. The van der Waals surface area contributed by atoms with Crippen molar-refractivity contribution in [3.05, 3.63) is 41.6 Å². The van der Waals surface area contributed by atoms with E-state index in [1.165, 1.54) is 6.08 Å². The Bertz CT molecular complexity index is 772. The molecule has 5 N–H and O–H groups in total. The molecule has 0 radical (unpaired) electrons. The number of nitrogens with one attached hydrogen (secondary N) is 3. The predicted molar refractivity (Wildman–Crippen MR) is 100 cm³/mol. The largest absolute Gasteiger partial charge is 0.463 e. The van der Waals surface area contributed by atoms with Crippen molar-refractivity contribution in [1.29, 1.82) is 5.41 Å². The molecule has 1 aromatic carbocycles. The van der Waals surface area contributed by atoms with E-state index in [4.69, 9.17) is 15.9 Å². The number of hydrogen-bond acceptors (Lipinski definition) is 5. The summed E-state index contributed by atoms with van der Waals surface area (Å²) in [7, 11) is 0. The molecule has 1 unspecified atom stereocenters. The third kappa shape index (κ3) is 5.30. The number of nitrogen functional groups attached to an aromatic ring is 1. The van der Waals surface area contributed by atoms with Gasteiger partial charge in [-0.25, -0.2) is 9.59 Å². The fourth-order valence-corrected chi connectivity index (χ4v) is 2.66. The standard InChI is InChI=1S/C18H23N5O4/c1-3-27-15(24)10-11(2)21-18(26)22-14-8-9-23(17(14)25)13-6-4-12(5-7-13)16(19)20/h4-7,10,14H,3,8-9H2,1-2H3,(H3,19,20)(H2,21,22,26)/b11-10+. The van der Waals surface area contributed by atoms with Crippen LogP contribution in [0.25, 0.3) is 0 Å². The molecule has 2 rings (SSSR count). The molecule has 1 saturated heterocycles. The number of amides is 3. The van der Waals surface area contributed by atoms with Crippen molar-refractivity contribution < 1.29 is 19.1 Å². The van der Waals surface area contributed by atoms with Crippen molar-refractivity contribution in [2.45, 2.75) is 26.3 Å². The summed E-state index contributed by atoms with van der Waals surface area (Å²) >= 11 is 0. The van der Waals surface area contributed by atoms with Gasteiger partial charge in [0.25, 0.3) is 0 Å². The molecule has 3 amide bonds. The molecule has 1 atom stereocenters. The fraction of sp³-hybridized carbons (Fsp3) is 0.333. The number of benzene rings is 1. The molecule has 27 heavy (non-hydrogen) atoms. The first-order valence-electron chi connectivity index (χ1n) is 8.50. The lowest BCUT2D eigenvalue weighted by atomic mass is 10.2. The van der Waals surface area contributed by atoms with Gasteiger partial charge in [0.15, 0.2) is 0 Å². The van der Waals surface area contributed by atoms with E-state index >= 15 is 0 Å². The Kier molecular flexibility index (Phi) is 6.53. The number of esters is 1. The molecule has 9 heteroatoms. The summed E-state index contributed by atoms with van der Waals surface area (Å²) in [4.78, 5) is 37.5. The van der Waals surface area contributed by atoms with Crippen LogP contribution < -0.4 is 21.3 Å². The zero-order chi connectivity index (χ0) is 20.0. The fourth-order valence-electron chi connectivity index (χ4n) is 2.66. The van der Waals surface area contributed by atoms with Gasteiger partial charge < -0.3 is 26.0 Å². The molecular weight excluding hydrogens is 350 g/mol. The summed E-state index contributed by atoms with van der Waals surface area (Å²) < 4.78 is 4.76. The molecule has 0 saturated carbocycles. The summed E-state index contributed by atoms with van der Waals surface area (Å²) in [6.07, 6.45) is 1.63. The van der Waals surface area contributed by atoms with Crippen LogP contribution in [0.4, 0.5) is 10.5 Å². The van der Waals surface area contributed by atoms with E-state index in [-0.39, 0.29) is 18.3 Å². The molecule has 0 aromatic heterocycles. The van der Waals surface area contributed by atoms with E-state index in [0.29, 0.717) is 29.9 Å². The molecule has 1 aliphatic rings. The SMILES string of the molecule is CCOC(=O)/C=C(\C)NC(=O)NC1CCN(c2ccc(C(=N)N)cc2)C1=O. The third-order valence-electron chi connectivity index (χ3n) is 3.93. The van der Waals surface area contributed by atoms with E-state index in [9.17, 15) is 14.4 Å². The van der Waals surface area contributed by atoms with Gasteiger partial charge in [0.1, 0.15) is 11.9 Å². The molecule has 1 fully saturated rings. The molecule has 0 aliphatic carbocycles. The number of ether oxygens (including phenoxy) is 1. The topological polar surface area (TPSA) is 138 Å². The highest BCUT2D eigenvalue weighted by molar-refractivity contribution is 6.02. The number of carbonyl (C=O) groups is 3. The second kappa shape index (κ2) is 8.84. The van der Waals surface area contributed by atoms with Crippen molar-refractivity contribution in [3.63, 3.8) is 0 Å². The lowest BCUT2D eigenvalue weighted by molar-refractivity contribution is -0.137. The maximum absolute atomic E-state index is 12.5. The van der Waals surface area contributed by atoms with Crippen LogP contribution in [-0.4, -0.2) is 42.9 Å². The molecule has 1 heterocycles. The average molecular weight is 373 g/mol. The van der Waals surface area contributed by atoms with Gasteiger partial charge >= 0.3 is 12.0 Å². The first kappa shape index (κ1) is 20.0. The molecule has 9 nitrogen and oxygen atoms in total. The van der Waals surface area contributed by atoms with Gasteiger partial charge in [0.2, 0.25) is 5.91 Å². The van der Waals surface area contributed by atoms with Gasteiger partial charge in [-0.05, 0) is 44.5 Å². The Hall–Kier alpha value is -3.36. The van der Waals surface area contributed by atoms with Crippen LogP contribution in [0.1, 0.15) is 25.8 Å². The molecule has 0 spiro atoms. The third-order valence-corrected chi connectivity index (χ3v) is 3.93. The Labute approximate surface area is 157 Å². The van der Waals surface area contributed by atoms with Crippen LogP contribution in [0.5, 0.6) is 0 Å². The van der Waals surface area contributed by atoms with Crippen molar-refractivity contribution in [2.75, 3.05) is 18.1 Å². The van der Waals surface area contributed by atoms with Crippen molar-refractivity contribution in [1.82, 2.24) is 10.6 Å². The quantitative estimate of drug-likeness (QED) is 0.253. The van der Waals surface area contributed by atoms with Crippen molar-refractivity contribution in [2.24, 2.45) is 5.73 Å². The van der Waals surface area contributed by atoms with Crippen LogP contribution in [0, 0.1) is 5.41 Å². The average Bonchev–Trinajstić information content (AvgIpc) is 2.95. The van der Waals surface area contributed by atoms with Crippen LogP contribution in [0.15, 0.2) is 36.0 Å². The van der Waals surface area contributed by atoms with E-state index < -0.39 is 18.0 Å². The normalized spacial score (nSPS) is 16.8. The Balaban J connectivity index is 1.93. The van der Waals surface area contributed by atoms with Gasteiger partial charge in [-0.15, -0.1) is 0 Å². The number of carbonyl (C=O) groups excluding carboxylic acids is 3. The van der Waals surface area contributed by atoms with Crippen molar-refractivity contribution >= 4 is 29.4 Å². The van der Waals surface area contributed by atoms with Crippen LogP contribution in [0.2, 0.25) is 0 Å². The van der Waals surface area contributed by atoms with Gasteiger partial charge in [0.05, 0.1) is 6.61 Å². The van der Waals surface area contributed by atoms with E-state index in [2.05, 4.69) is 10.6 Å². The van der Waals surface area contributed by atoms with Crippen LogP contribution >= 0.6 is 0 Å². The lowest BCUT2D eigenvalue weighted by Crippen LogP contribution is -2.45. The summed E-state index contributed by atoms with van der Waals surface area (Å²) in [5.41, 5.74) is 6.98. The molecular formula is C18H23N5O4. The van der Waals surface area contributed by atoms with Gasteiger partial charge in [-0.1, -0.05) is 0 Å². The van der Waals surface area contributed by atoms with Gasteiger partial charge in [-0.2, -0.15) is 0 Å². The van der Waals surface area contributed by atoms with Crippen LogP contribution in [-0.2, 0) is 14.3 Å². The number of allylic oxidation sites excluding steroid dienone is 1. The van der Waals surface area contributed by atoms with Gasteiger partial charge in [0, 0.05) is 29.6 Å². The highest BCUT2D eigenvalue weighted by atomic mass is 16.5. The minimum Gasteiger partial charge on any atom is -0.463 e. The smallest absolute Gasteiger partial charge is 0.332 e. The van der Waals surface area contributed by atoms with E-state index in [1.54, 1.807) is 43.0 Å². The Morgan fingerprint density at radius 2 is 2.04 bits per heavy atom. The Morgan fingerprint density at radius 1 is 1.37 bits per heavy atom. The Morgan fingerprint density at radius 3 is 2.63 bits per heavy atom. The molecule has 144 valence electrons. The number of rotatable bonds is 6. The maximum atomic E-state index is 12.5. The predicted octanol–water partition coefficient (Wildman–Crippen LogP) is 0.842. The second-order valence-corrected chi connectivity index (χ2v) is 5.97. The molecule has 0 bridgehead atoms. The number of nitrogens with two attached hydrogens (primary N) is 1. The number of urea groups is 1. The number of hydrogen-bond donors (Lipinski definition) is 4. The van der Waals surface area contributed by atoms with Gasteiger partial charge in [-0.3, -0.25) is 10.2 Å². The minimum absolute atomic E-state index is 0.0447.